The second kappa shape index (κ2) is 4.62. The number of amides is 1. The summed E-state index contributed by atoms with van der Waals surface area (Å²) < 4.78 is 0. The summed E-state index contributed by atoms with van der Waals surface area (Å²) in [6.45, 7) is 2.68. The Kier molecular flexibility index (Phi) is 2.94. The molecule has 0 spiro atoms. The van der Waals surface area contributed by atoms with E-state index in [4.69, 9.17) is 5.73 Å². The molecule has 0 radical (unpaired) electrons. The quantitative estimate of drug-likeness (QED) is 0.908. The Morgan fingerprint density at radius 3 is 2.68 bits per heavy atom. The van der Waals surface area contributed by atoms with Crippen LogP contribution in [0.25, 0.3) is 0 Å². The van der Waals surface area contributed by atoms with Crippen LogP contribution in [0.4, 0.5) is 10.8 Å². The van der Waals surface area contributed by atoms with E-state index in [2.05, 4.69) is 10.2 Å². The number of carbonyl (C=O) groups is 1. The number of nitrogens with zero attached hydrogens (tertiary/aromatic N) is 3. The monoisotopic (exact) mass is 274 g/mol. The third kappa shape index (κ3) is 2.31. The predicted octanol–water partition coefficient (Wildman–Crippen LogP) is 1.95. The number of carbonyl (C=O) groups excluding carboxylic acids is 1. The second-order valence-electron chi connectivity index (χ2n) is 4.72. The molecule has 0 bridgehead atoms. The number of hydrogen-bond donors (Lipinski definition) is 1. The van der Waals surface area contributed by atoms with Crippen molar-refractivity contribution < 1.29 is 4.79 Å². The topological polar surface area (TPSA) is 72.1 Å². The second-order valence-corrected chi connectivity index (χ2v) is 5.76. The van der Waals surface area contributed by atoms with E-state index in [0.717, 1.165) is 10.7 Å². The summed E-state index contributed by atoms with van der Waals surface area (Å²) in [5.41, 5.74) is 7.71. The molecular weight excluding hydrogens is 260 g/mol. The minimum Gasteiger partial charge on any atom is -0.374 e. The van der Waals surface area contributed by atoms with Gasteiger partial charge in [0, 0.05) is 24.6 Å². The van der Waals surface area contributed by atoms with E-state index in [0.29, 0.717) is 18.1 Å². The van der Waals surface area contributed by atoms with Crippen LogP contribution in [0, 0.1) is 6.92 Å². The standard InChI is InChI=1S/C13H14N4OS/c1-8-2-4-10(5-3-8)17-7-9(6-11(17)18)12-15-16-13(14)19-12/h2-5,9H,6-7H2,1H3,(H2,14,16)/t9-/m0/s1. The van der Waals surface area contributed by atoms with Gasteiger partial charge in [0.2, 0.25) is 11.0 Å². The first-order valence-corrected chi connectivity index (χ1v) is 6.91. The maximum absolute atomic E-state index is 12.1. The highest BCUT2D eigenvalue weighted by atomic mass is 32.1. The highest BCUT2D eigenvalue weighted by molar-refractivity contribution is 7.15. The predicted molar refractivity (Wildman–Crippen MR) is 75.2 cm³/mol. The summed E-state index contributed by atoms with van der Waals surface area (Å²) in [5.74, 6) is 0.228. The molecule has 0 saturated carbocycles. The van der Waals surface area contributed by atoms with Crippen molar-refractivity contribution in [1.29, 1.82) is 0 Å². The van der Waals surface area contributed by atoms with Crippen molar-refractivity contribution in [3.63, 3.8) is 0 Å². The maximum atomic E-state index is 12.1. The lowest BCUT2D eigenvalue weighted by Gasteiger charge is -2.16. The lowest BCUT2D eigenvalue weighted by atomic mass is 10.1. The Labute approximate surface area is 115 Å². The van der Waals surface area contributed by atoms with E-state index < -0.39 is 0 Å². The van der Waals surface area contributed by atoms with Gasteiger partial charge in [0.15, 0.2) is 0 Å². The fraction of sp³-hybridized carbons (Fsp3) is 0.308. The first-order chi connectivity index (χ1) is 9.13. The fourth-order valence-electron chi connectivity index (χ4n) is 2.26. The lowest BCUT2D eigenvalue weighted by molar-refractivity contribution is -0.117. The molecule has 98 valence electrons. The van der Waals surface area contributed by atoms with E-state index in [-0.39, 0.29) is 11.8 Å². The molecule has 5 nitrogen and oxygen atoms in total. The molecule has 1 aliphatic rings. The molecule has 2 N–H and O–H groups in total. The average molecular weight is 274 g/mol. The number of aryl methyl sites for hydroxylation is 1. The normalized spacial score (nSPS) is 19.1. The van der Waals surface area contributed by atoms with Gasteiger partial charge in [-0.25, -0.2) is 0 Å². The van der Waals surface area contributed by atoms with Gasteiger partial charge in [-0.3, -0.25) is 4.79 Å². The molecule has 1 fully saturated rings. The van der Waals surface area contributed by atoms with Gasteiger partial charge in [-0.2, -0.15) is 0 Å². The number of aromatic nitrogens is 2. The number of benzene rings is 1. The van der Waals surface area contributed by atoms with Crippen LogP contribution >= 0.6 is 11.3 Å². The Bertz CT molecular complexity index is 607. The zero-order chi connectivity index (χ0) is 13.4. The highest BCUT2D eigenvalue weighted by Gasteiger charge is 2.33. The summed E-state index contributed by atoms with van der Waals surface area (Å²) in [7, 11) is 0. The van der Waals surface area contributed by atoms with Crippen molar-refractivity contribution in [3.05, 3.63) is 34.8 Å². The fourth-order valence-corrected chi connectivity index (χ4v) is 2.96. The first-order valence-electron chi connectivity index (χ1n) is 6.09. The molecule has 1 aromatic heterocycles. The van der Waals surface area contributed by atoms with Crippen LogP contribution in [0.5, 0.6) is 0 Å². The van der Waals surface area contributed by atoms with E-state index in [9.17, 15) is 4.79 Å². The van der Waals surface area contributed by atoms with Crippen molar-refractivity contribution >= 4 is 28.1 Å². The molecule has 1 aromatic carbocycles. The molecule has 1 atom stereocenters. The average Bonchev–Trinajstić information content (AvgIpc) is 2.97. The zero-order valence-corrected chi connectivity index (χ0v) is 11.4. The van der Waals surface area contributed by atoms with E-state index in [1.807, 2.05) is 36.1 Å². The summed E-state index contributed by atoms with van der Waals surface area (Å²) in [6, 6.07) is 7.98. The molecule has 1 amide bonds. The van der Waals surface area contributed by atoms with Gasteiger partial charge in [0.1, 0.15) is 5.01 Å². The van der Waals surface area contributed by atoms with E-state index in [1.54, 1.807) is 0 Å². The summed E-state index contributed by atoms with van der Waals surface area (Å²) in [6.07, 6.45) is 0.475. The van der Waals surface area contributed by atoms with Gasteiger partial charge in [-0.05, 0) is 19.1 Å². The molecule has 6 heteroatoms. The van der Waals surface area contributed by atoms with Gasteiger partial charge in [0.05, 0.1) is 0 Å². The molecule has 2 heterocycles. The number of rotatable bonds is 2. The molecule has 1 saturated heterocycles. The van der Waals surface area contributed by atoms with E-state index >= 15 is 0 Å². The minimum absolute atomic E-state index is 0.101. The Hall–Kier alpha value is -1.95. The van der Waals surface area contributed by atoms with Crippen molar-refractivity contribution in [2.45, 2.75) is 19.3 Å². The molecular formula is C13H14N4OS. The number of nitrogens with two attached hydrogens (primary N) is 1. The van der Waals surface area contributed by atoms with Crippen molar-refractivity contribution in [1.82, 2.24) is 10.2 Å². The highest BCUT2D eigenvalue weighted by Crippen LogP contribution is 2.33. The van der Waals surface area contributed by atoms with Crippen molar-refractivity contribution in [2.75, 3.05) is 17.2 Å². The molecule has 2 aromatic rings. The van der Waals surface area contributed by atoms with Crippen LogP contribution < -0.4 is 10.6 Å². The van der Waals surface area contributed by atoms with Crippen LogP contribution in [0.2, 0.25) is 0 Å². The first kappa shape index (κ1) is 12.1. The molecule has 1 aliphatic heterocycles. The van der Waals surface area contributed by atoms with E-state index in [1.165, 1.54) is 16.9 Å². The lowest BCUT2D eigenvalue weighted by Crippen LogP contribution is -2.24. The van der Waals surface area contributed by atoms with Crippen LogP contribution in [0.15, 0.2) is 24.3 Å². The Morgan fingerprint density at radius 2 is 2.05 bits per heavy atom. The molecule has 0 unspecified atom stereocenters. The van der Waals surface area contributed by atoms with Crippen LogP contribution in [0.3, 0.4) is 0 Å². The summed E-state index contributed by atoms with van der Waals surface area (Å²) in [5, 5.41) is 9.15. The van der Waals surface area contributed by atoms with Crippen LogP contribution in [-0.2, 0) is 4.79 Å². The SMILES string of the molecule is Cc1ccc(N2C[C@@H](c3nnc(N)s3)CC2=O)cc1. The Morgan fingerprint density at radius 1 is 1.32 bits per heavy atom. The Balaban J connectivity index is 1.82. The molecule has 19 heavy (non-hydrogen) atoms. The maximum Gasteiger partial charge on any atom is 0.227 e. The number of anilines is 2. The number of nitrogen functional groups attached to an aromatic ring is 1. The zero-order valence-electron chi connectivity index (χ0n) is 10.5. The molecule has 0 aliphatic carbocycles. The summed E-state index contributed by atoms with van der Waals surface area (Å²) >= 11 is 1.36. The van der Waals surface area contributed by atoms with Gasteiger partial charge < -0.3 is 10.6 Å². The smallest absolute Gasteiger partial charge is 0.227 e. The molecule has 3 rings (SSSR count). The van der Waals surface area contributed by atoms with Crippen LogP contribution in [-0.4, -0.2) is 22.6 Å². The van der Waals surface area contributed by atoms with Gasteiger partial charge in [0.25, 0.3) is 0 Å². The largest absolute Gasteiger partial charge is 0.374 e. The summed E-state index contributed by atoms with van der Waals surface area (Å²) in [4.78, 5) is 13.9. The van der Waals surface area contributed by atoms with Crippen LogP contribution in [0.1, 0.15) is 22.9 Å². The van der Waals surface area contributed by atoms with Gasteiger partial charge >= 0.3 is 0 Å². The van der Waals surface area contributed by atoms with Crippen molar-refractivity contribution in [3.8, 4) is 0 Å². The van der Waals surface area contributed by atoms with Gasteiger partial charge in [-0.15, -0.1) is 10.2 Å². The third-order valence-electron chi connectivity index (χ3n) is 3.28. The van der Waals surface area contributed by atoms with Gasteiger partial charge in [-0.1, -0.05) is 29.0 Å². The number of hydrogen-bond acceptors (Lipinski definition) is 5. The third-order valence-corrected chi connectivity index (χ3v) is 4.19. The van der Waals surface area contributed by atoms with Crippen molar-refractivity contribution in [2.24, 2.45) is 0 Å². The minimum atomic E-state index is 0.101.